The Morgan fingerprint density at radius 1 is 0.972 bits per heavy atom. The molecule has 2 heterocycles. The molecule has 1 aliphatic carbocycles. The predicted octanol–water partition coefficient (Wildman–Crippen LogP) is 4.64. The maximum Gasteiger partial charge on any atom is 0.330 e. The van der Waals surface area contributed by atoms with Crippen molar-refractivity contribution in [2.24, 2.45) is 0 Å². The second-order valence-electron chi connectivity index (χ2n) is 9.29. The number of nitrogens with zero attached hydrogens (tertiary/aromatic N) is 2. The van der Waals surface area contributed by atoms with E-state index in [9.17, 15) is 18.0 Å². The highest BCUT2D eigenvalue weighted by Crippen LogP contribution is 2.37. The molecule has 10 heteroatoms. The first kappa shape index (κ1) is 24.5. The van der Waals surface area contributed by atoms with Gasteiger partial charge in [0.15, 0.2) is 15.5 Å². The molecule has 0 saturated heterocycles. The lowest BCUT2D eigenvalue weighted by atomic mass is 9.84. The van der Waals surface area contributed by atoms with Crippen LogP contribution in [0, 0.1) is 0 Å². The van der Waals surface area contributed by atoms with E-state index in [1.807, 2.05) is 31.2 Å². The molecule has 0 radical (unpaired) electrons. The number of aromatic nitrogens is 4. The number of nitrogens with one attached hydrogen (secondary N) is 2. The Kier molecular flexibility index (Phi) is 6.61. The van der Waals surface area contributed by atoms with Crippen molar-refractivity contribution in [2.45, 2.75) is 61.6 Å². The van der Waals surface area contributed by atoms with Crippen LogP contribution in [0.3, 0.4) is 0 Å². The van der Waals surface area contributed by atoms with Crippen molar-refractivity contribution in [3.05, 3.63) is 80.0 Å². The highest BCUT2D eigenvalue weighted by atomic mass is 35.5. The van der Waals surface area contributed by atoms with Gasteiger partial charge in [-0.15, -0.1) is 0 Å². The molecule has 0 unspecified atom stereocenters. The highest BCUT2D eigenvalue weighted by molar-refractivity contribution is 7.92. The zero-order chi connectivity index (χ0) is 25.4. The van der Waals surface area contributed by atoms with Crippen molar-refractivity contribution in [1.29, 1.82) is 0 Å². The Hall–Kier alpha value is -3.17. The fourth-order valence-electron chi connectivity index (χ4n) is 5.01. The molecule has 0 aliphatic heterocycles. The zero-order valence-corrected chi connectivity index (χ0v) is 21.4. The van der Waals surface area contributed by atoms with E-state index in [1.165, 1.54) is 5.56 Å². The number of fused-ring (bicyclic) bond motifs is 1. The van der Waals surface area contributed by atoms with E-state index in [2.05, 4.69) is 15.0 Å². The number of rotatable bonds is 6. The van der Waals surface area contributed by atoms with Gasteiger partial charge in [-0.25, -0.2) is 18.2 Å². The summed E-state index contributed by atoms with van der Waals surface area (Å²) in [6.07, 6.45) is 3.50. The number of hydrogen-bond acceptors (Lipinski definition) is 5. The van der Waals surface area contributed by atoms with Gasteiger partial charge in [-0.1, -0.05) is 30.7 Å². The molecular formula is C26H27ClN4O4S. The first-order chi connectivity index (χ1) is 17.3. The second-order valence-corrected chi connectivity index (χ2v) is 12.0. The van der Waals surface area contributed by atoms with Gasteiger partial charge >= 0.3 is 5.69 Å². The topological polar surface area (TPSA) is 118 Å². The summed E-state index contributed by atoms with van der Waals surface area (Å²) < 4.78 is 27.8. The predicted molar refractivity (Wildman–Crippen MR) is 140 cm³/mol. The summed E-state index contributed by atoms with van der Waals surface area (Å²) in [6, 6.07) is 14.3. The molecule has 188 valence electrons. The molecule has 36 heavy (non-hydrogen) atoms. The van der Waals surface area contributed by atoms with Crippen molar-refractivity contribution in [3.63, 3.8) is 0 Å². The lowest BCUT2D eigenvalue weighted by Gasteiger charge is -2.28. The Labute approximate surface area is 213 Å². The highest BCUT2D eigenvalue weighted by Gasteiger charge is 2.32. The second kappa shape index (κ2) is 9.71. The van der Waals surface area contributed by atoms with Crippen molar-refractivity contribution in [1.82, 2.24) is 19.5 Å². The van der Waals surface area contributed by atoms with Crippen LogP contribution < -0.4 is 11.2 Å². The Balaban J connectivity index is 1.34. The molecule has 2 aromatic carbocycles. The van der Waals surface area contributed by atoms with E-state index in [0.717, 1.165) is 17.4 Å². The van der Waals surface area contributed by atoms with Crippen LogP contribution in [-0.2, 0) is 16.4 Å². The number of imidazole rings is 1. The molecule has 0 bridgehead atoms. The van der Waals surface area contributed by atoms with Crippen LogP contribution in [0.2, 0.25) is 5.02 Å². The standard InChI is InChI=1S/C26H27ClN4O4S/c1-2-15-31-25(32)22-24(30-26(31)33)29-23(28-22)18-7-13-21(14-8-18)36(34,35)20-11-5-17(6-12-20)16-3-9-19(27)10-4-16/h3-4,7-10,13-14,17,20H,2,5-6,11-12,15H2,1H3,(H,28,29)(H,30,33). The van der Waals surface area contributed by atoms with E-state index in [4.69, 9.17) is 11.6 Å². The van der Waals surface area contributed by atoms with Crippen molar-refractivity contribution >= 4 is 32.6 Å². The quantitative estimate of drug-likeness (QED) is 0.379. The molecular weight excluding hydrogens is 500 g/mol. The van der Waals surface area contributed by atoms with E-state index in [1.54, 1.807) is 24.3 Å². The van der Waals surface area contributed by atoms with Crippen LogP contribution in [0.1, 0.15) is 50.5 Å². The van der Waals surface area contributed by atoms with Crippen molar-refractivity contribution in [2.75, 3.05) is 0 Å². The zero-order valence-electron chi connectivity index (χ0n) is 19.8. The summed E-state index contributed by atoms with van der Waals surface area (Å²) in [6.45, 7) is 2.20. The maximum atomic E-state index is 13.3. The fraction of sp³-hybridized carbons (Fsp3) is 0.346. The minimum absolute atomic E-state index is 0.182. The van der Waals surface area contributed by atoms with Gasteiger partial charge in [-0.05, 0) is 80.0 Å². The molecule has 0 spiro atoms. The van der Waals surface area contributed by atoms with Gasteiger partial charge in [0.25, 0.3) is 5.56 Å². The van der Waals surface area contributed by atoms with E-state index in [0.29, 0.717) is 48.1 Å². The van der Waals surface area contributed by atoms with Gasteiger partial charge in [-0.3, -0.25) is 14.3 Å². The lowest BCUT2D eigenvalue weighted by molar-refractivity contribution is 0.435. The minimum Gasteiger partial charge on any atom is -0.332 e. The van der Waals surface area contributed by atoms with Gasteiger partial charge in [0.2, 0.25) is 0 Å². The van der Waals surface area contributed by atoms with Crippen LogP contribution in [0.5, 0.6) is 0 Å². The van der Waals surface area contributed by atoms with Crippen LogP contribution in [-0.4, -0.2) is 33.2 Å². The summed E-state index contributed by atoms with van der Waals surface area (Å²) in [5, 5.41) is 0.281. The van der Waals surface area contributed by atoms with E-state index >= 15 is 0 Å². The third-order valence-corrected chi connectivity index (χ3v) is 9.52. The van der Waals surface area contributed by atoms with Gasteiger partial charge < -0.3 is 4.98 Å². The Morgan fingerprint density at radius 2 is 1.64 bits per heavy atom. The summed E-state index contributed by atoms with van der Waals surface area (Å²) >= 11 is 5.99. The summed E-state index contributed by atoms with van der Waals surface area (Å²) in [7, 11) is -3.47. The number of aromatic amines is 2. The first-order valence-electron chi connectivity index (χ1n) is 12.1. The van der Waals surface area contributed by atoms with Crippen LogP contribution >= 0.6 is 11.6 Å². The van der Waals surface area contributed by atoms with Gasteiger partial charge in [0.1, 0.15) is 11.3 Å². The summed E-state index contributed by atoms with van der Waals surface area (Å²) in [5.41, 5.74) is 1.29. The molecule has 1 fully saturated rings. The molecule has 2 aromatic heterocycles. The Bertz CT molecular complexity index is 1610. The van der Waals surface area contributed by atoms with E-state index in [-0.39, 0.29) is 16.1 Å². The SMILES string of the molecule is CCCn1c(=O)[nH]c2nc(-c3ccc(S(=O)(=O)C4CCC(c5ccc(Cl)cc5)CC4)cc3)[nH]c2c1=O. The van der Waals surface area contributed by atoms with Crippen molar-refractivity contribution in [3.8, 4) is 11.4 Å². The Morgan fingerprint density at radius 3 is 2.28 bits per heavy atom. The normalized spacial score (nSPS) is 18.5. The molecule has 5 rings (SSSR count). The first-order valence-corrected chi connectivity index (χ1v) is 14.0. The summed E-state index contributed by atoms with van der Waals surface area (Å²) in [4.78, 5) is 35.1. The third kappa shape index (κ3) is 4.53. The molecule has 1 aliphatic rings. The molecule has 0 amide bonds. The number of H-pyrrole nitrogens is 2. The monoisotopic (exact) mass is 526 g/mol. The fourth-order valence-corrected chi connectivity index (χ4v) is 6.93. The molecule has 2 N–H and O–H groups in total. The molecule has 8 nitrogen and oxygen atoms in total. The summed E-state index contributed by atoms with van der Waals surface area (Å²) in [5.74, 6) is 0.733. The van der Waals surface area contributed by atoms with Crippen LogP contribution in [0.25, 0.3) is 22.6 Å². The largest absolute Gasteiger partial charge is 0.332 e. The number of benzene rings is 2. The van der Waals surface area contributed by atoms with Crippen LogP contribution in [0.15, 0.2) is 63.0 Å². The average molecular weight is 527 g/mol. The van der Waals surface area contributed by atoms with Crippen LogP contribution in [0.4, 0.5) is 0 Å². The number of sulfone groups is 1. The third-order valence-electron chi connectivity index (χ3n) is 6.99. The molecule has 4 aromatic rings. The molecule has 1 saturated carbocycles. The van der Waals surface area contributed by atoms with Crippen molar-refractivity contribution < 1.29 is 8.42 Å². The lowest BCUT2D eigenvalue weighted by Crippen LogP contribution is -2.34. The average Bonchev–Trinajstić information content (AvgIpc) is 3.31. The smallest absolute Gasteiger partial charge is 0.330 e. The van der Waals surface area contributed by atoms with Gasteiger partial charge in [0, 0.05) is 17.1 Å². The molecule has 0 atom stereocenters. The van der Waals surface area contributed by atoms with Gasteiger partial charge in [-0.2, -0.15) is 0 Å². The maximum absolute atomic E-state index is 13.3. The van der Waals surface area contributed by atoms with Gasteiger partial charge in [0.05, 0.1) is 10.1 Å². The minimum atomic E-state index is -3.47. The number of hydrogen-bond donors (Lipinski definition) is 2. The number of halogens is 1. The van der Waals surface area contributed by atoms with E-state index < -0.39 is 26.3 Å².